The summed E-state index contributed by atoms with van der Waals surface area (Å²) in [6.45, 7) is 5.32. The summed E-state index contributed by atoms with van der Waals surface area (Å²) in [5.41, 5.74) is 2.74. The average molecular weight is 487 g/mol. The van der Waals surface area contributed by atoms with Gasteiger partial charge < -0.3 is 24.1 Å². The standard InChI is InChI=1S/C23H26N4O6S/c1-16-24-20-4-2-17(14-22(20)33-16)25-23(28)19-15-18(34(29,30)27-8-12-32-13-9-27)3-5-21(19)26-6-10-31-11-7-26/h2-5,14-15H,6-13H2,1H3,(H,25,28). The van der Waals surface area contributed by atoms with Crippen LogP contribution in [0, 0.1) is 6.92 Å². The molecule has 0 bridgehead atoms. The number of benzene rings is 2. The highest BCUT2D eigenvalue weighted by molar-refractivity contribution is 7.89. The molecule has 0 unspecified atom stereocenters. The van der Waals surface area contributed by atoms with E-state index in [-0.39, 0.29) is 23.5 Å². The number of carbonyl (C=O) groups excluding carboxylic acids is 1. The first kappa shape index (κ1) is 22.8. The first-order valence-corrected chi connectivity index (χ1v) is 12.6. The molecule has 0 atom stereocenters. The van der Waals surface area contributed by atoms with Gasteiger partial charge in [-0.05, 0) is 30.3 Å². The highest BCUT2D eigenvalue weighted by atomic mass is 32.2. The molecule has 0 radical (unpaired) electrons. The fourth-order valence-electron chi connectivity index (χ4n) is 4.19. The zero-order valence-corrected chi connectivity index (χ0v) is 19.6. The quantitative estimate of drug-likeness (QED) is 0.584. The molecule has 2 aliphatic rings. The summed E-state index contributed by atoms with van der Waals surface area (Å²) in [5, 5.41) is 2.88. The first-order valence-electron chi connectivity index (χ1n) is 11.1. The van der Waals surface area contributed by atoms with E-state index in [1.165, 1.54) is 10.4 Å². The van der Waals surface area contributed by atoms with Gasteiger partial charge in [-0.15, -0.1) is 0 Å². The van der Waals surface area contributed by atoms with E-state index in [9.17, 15) is 13.2 Å². The number of ether oxygens (including phenoxy) is 2. The van der Waals surface area contributed by atoms with Crippen LogP contribution in [-0.2, 0) is 19.5 Å². The summed E-state index contributed by atoms with van der Waals surface area (Å²) in [6.07, 6.45) is 0. The summed E-state index contributed by atoms with van der Waals surface area (Å²) in [7, 11) is -3.76. The Kier molecular flexibility index (Phi) is 6.26. The number of nitrogens with zero attached hydrogens (tertiary/aromatic N) is 3. The molecule has 2 aliphatic heterocycles. The number of carbonyl (C=O) groups is 1. The molecule has 2 fully saturated rings. The minimum Gasteiger partial charge on any atom is -0.441 e. The van der Waals surface area contributed by atoms with E-state index in [2.05, 4.69) is 10.3 Å². The fourth-order valence-corrected chi connectivity index (χ4v) is 5.62. The molecule has 0 saturated carbocycles. The maximum atomic E-state index is 13.4. The Balaban J connectivity index is 1.50. The second kappa shape index (κ2) is 9.34. The van der Waals surface area contributed by atoms with Crippen LogP contribution in [0.4, 0.5) is 11.4 Å². The average Bonchev–Trinajstić information content (AvgIpc) is 3.24. The van der Waals surface area contributed by atoms with Crippen molar-refractivity contribution in [3.8, 4) is 0 Å². The highest BCUT2D eigenvalue weighted by Crippen LogP contribution is 2.28. The molecule has 1 N–H and O–H groups in total. The lowest BCUT2D eigenvalue weighted by atomic mass is 10.1. The molecular weight excluding hydrogens is 460 g/mol. The molecule has 0 aliphatic carbocycles. The number of sulfonamides is 1. The maximum absolute atomic E-state index is 13.4. The number of morpholine rings is 2. The summed E-state index contributed by atoms with van der Waals surface area (Å²) in [6, 6.07) is 9.94. The number of aryl methyl sites for hydroxylation is 1. The zero-order valence-electron chi connectivity index (χ0n) is 18.8. The van der Waals surface area contributed by atoms with Crippen LogP contribution in [0.2, 0.25) is 0 Å². The number of rotatable bonds is 5. The minimum atomic E-state index is -3.76. The van der Waals surface area contributed by atoms with Gasteiger partial charge in [0.15, 0.2) is 11.5 Å². The number of fused-ring (bicyclic) bond motifs is 1. The van der Waals surface area contributed by atoms with Crippen LogP contribution in [0.15, 0.2) is 45.7 Å². The molecule has 10 nitrogen and oxygen atoms in total. The molecule has 1 amide bonds. The van der Waals surface area contributed by atoms with Crippen molar-refractivity contribution in [3.63, 3.8) is 0 Å². The van der Waals surface area contributed by atoms with E-state index in [1.54, 1.807) is 37.3 Å². The maximum Gasteiger partial charge on any atom is 0.257 e. The third-order valence-corrected chi connectivity index (χ3v) is 7.82. The summed E-state index contributed by atoms with van der Waals surface area (Å²) in [5.74, 6) is 0.130. The third kappa shape index (κ3) is 4.51. The molecule has 0 spiro atoms. The molecule has 5 rings (SSSR count). The number of hydrogen-bond donors (Lipinski definition) is 1. The van der Waals surface area contributed by atoms with Gasteiger partial charge in [0, 0.05) is 50.5 Å². The van der Waals surface area contributed by atoms with Crippen molar-refractivity contribution in [2.24, 2.45) is 0 Å². The Bertz CT molecular complexity index is 1310. The predicted molar refractivity (Wildman–Crippen MR) is 126 cm³/mol. The Hall–Kier alpha value is -2.99. The lowest BCUT2D eigenvalue weighted by molar-refractivity contribution is 0.0730. The minimum absolute atomic E-state index is 0.0814. The van der Waals surface area contributed by atoms with Crippen molar-refractivity contribution >= 4 is 38.4 Å². The summed E-state index contributed by atoms with van der Waals surface area (Å²) < 4.78 is 44.2. The smallest absolute Gasteiger partial charge is 0.257 e. The monoisotopic (exact) mass is 486 g/mol. The molecule has 2 saturated heterocycles. The lowest BCUT2D eigenvalue weighted by Crippen LogP contribution is -2.41. The van der Waals surface area contributed by atoms with Gasteiger partial charge in [0.25, 0.3) is 5.91 Å². The molecule has 11 heteroatoms. The van der Waals surface area contributed by atoms with Gasteiger partial charge in [0.2, 0.25) is 10.0 Å². The predicted octanol–water partition coefficient (Wildman–Crippen LogP) is 2.25. The van der Waals surface area contributed by atoms with E-state index in [4.69, 9.17) is 13.9 Å². The highest BCUT2D eigenvalue weighted by Gasteiger charge is 2.29. The van der Waals surface area contributed by atoms with Gasteiger partial charge in [0.1, 0.15) is 5.52 Å². The van der Waals surface area contributed by atoms with Gasteiger partial charge >= 0.3 is 0 Å². The normalized spacial score (nSPS) is 17.7. The number of hydrogen-bond acceptors (Lipinski definition) is 8. The van der Waals surface area contributed by atoms with Crippen molar-refractivity contribution < 1.29 is 27.1 Å². The second-order valence-corrected chi connectivity index (χ2v) is 10.1. The van der Waals surface area contributed by atoms with Crippen LogP contribution >= 0.6 is 0 Å². The van der Waals surface area contributed by atoms with Gasteiger partial charge in [-0.1, -0.05) is 0 Å². The van der Waals surface area contributed by atoms with Gasteiger partial charge in [-0.3, -0.25) is 4.79 Å². The van der Waals surface area contributed by atoms with E-state index < -0.39 is 15.9 Å². The summed E-state index contributed by atoms with van der Waals surface area (Å²) in [4.78, 5) is 19.8. The van der Waals surface area contributed by atoms with Gasteiger partial charge in [0.05, 0.1) is 36.9 Å². The molecule has 3 aromatic rings. The van der Waals surface area contributed by atoms with Crippen LogP contribution in [0.25, 0.3) is 11.1 Å². The van der Waals surface area contributed by atoms with Crippen LogP contribution < -0.4 is 10.2 Å². The molecule has 1 aromatic heterocycles. The second-order valence-electron chi connectivity index (χ2n) is 8.16. The van der Waals surface area contributed by atoms with Gasteiger partial charge in [-0.25, -0.2) is 13.4 Å². The first-order chi connectivity index (χ1) is 16.4. The zero-order chi connectivity index (χ0) is 23.7. The molecular formula is C23H26N4O6S. The van der Waals surface area contributed by atoms with Crippen molar-refractivity contribution in [2.75, 3.05) is 62.8 Å². The van der Waals surface area contributed by atoms with E-state index in [0.29, 0.717) is 67.9 Å². The van der Waals surface area contributed by atoms with Crippen LogP contribution in [0.1, 0.15) is 16.2 Å². The number of anilines is 2. The van der Waals surface area contributed by atoms with E-state index >= 15 is 0 Å². The number of aromatic nitrogens is 1. The SMILES string of the molecule is Cc1nc2ccc(NC(=O)c3cc(S(=O)(=O)N4CCOCC4)ccc3N3CCOCC3)cc2o1. The van der Waals surface area contributed by atoms with Crippen molar-refractivity contribution in [3.05, 3.63) is 47.9 Å². The molecule has 180 valence electrons. The van der Waals surface area contributed by atoms with Crippen molar-refractivity contribution in [1.82, 2.24) is 9.29 Å². The number of oxazole rings is 1. The summed E-state index contributed by atoms with van der Waals surface area (Å²) >= 11 is 0. The van der Waals surface area contributed by atoms with Crippen molar-refractivity contribution in [2.45, 2.75) is 11.8 Å². The number of nitrogens with one attached hydrogen (secondary N) is 1. The van der Waals surface area contributed by atoms with Crippen LogP contribution in [-0.4, -0.2) is 76.2 Å². The van der Waals surface area contributed by atoms with Crippen LogP contribution in [0.5, 0.6) is 0 Å². The largest absolute Gasteiger partial charge is 0.441 e. The Morgan fingerprint density at radius 1 is 0.971 bits per heavy atom. The fraction of sp³-hybridized carbons (Fsp3) is 0.391. The molecule has 34 heavy (non-hydrogen) atoms. The van der Waals surface area contributed by atoms with Crippen molar-refractivity contribution in [1.29, 1.82) is 0 Å². The Morgan fingerprint density at radius 3 is 2.41 bits per heavy atom. The number of amides is 1. The van der Waals surface area contributed by atoms with E-state index in [1.807, 2.05) is 4.90 Å². The molecule has 2 aromatic carbocycles. The third-order valence-electron chi connectivity index (χ3n) is 5.93. The Morgan fingerprint density at radius 2 is 1.68 bits per heavy atom. The Labute approximate surface area is 197 Å². The molecule has 3 heterocycles. The van der Waals surface area contributed by atoms with E-state index in [0.717, 1.165) is 0 Å². The van der Waals surface area contributed by atoms with Gasteiger partial charge in [-0.2, -0.15) is 4.31 Å². The van der Waals surface area contributed by atoms with Crippen LogP contribution in [0.3, 0.4) is 0 Å². The lowest BCUT2D eigenvalue weighted by Gasteiger charge is -2.31. The topological polar surface area (TPSA) is 114 Å².